The molecule has 0 saturated carbocycles. The standard InChI is InChI=1S/C11H14BrF2N/c1-7(2)15(3)11-9(13)4-8(6-12)5-10(11)14/h4-5,7H,6H2,1-3H3. The molecule has 0 unspecified atom stereocenters. The summed E-state index contributed by atoms with van der Waals surface area (Å²) in [5.41, 5.74) is 0.639. The van der Waals surface area contributed by atoms with Gasteiger partial charge in [-0.1, -0.05) is 15.9 Å². The number of alkyl halides is 1. The minimum Gasteiger partial charge on any atom is -0.367 e. The molecule has 1 aromatic carbocycles. The maximum absolute atomic E-state index is 13.6. The summed E-state index contributed by atoms with van der Waals surface area (Å²) < 4.78 is 27.2. The Morgan fingerprint density at radius 2 is 1.73 bits per heavy atom. The molecule has 1 rings (SSSR count). The van der Waals surface area contributed by atoms with Gasteiger partial charge in [0.15, 0.2) is 0 Å². The monoisotopic (exact) mass is 277 g/mol. The van der Waals surface area contributed by atoms with E-state index in [-0.39, 0.29) is 11.7 Å². The number of rotatable bonds is 3. The summed E-state index contributed by atoms with van der Waals surface area (Å²) in [7, 11) is 1.68. The van der Waals surface area contributed by atoms with Crippen molar-refractivity contribution in [3.05, 3.63) is 29.3 Å². The third-order valence-electron chi connectivity index (χ3n) is 2.36. The minimum atomic E-state index is -0.513. The molecule has 0 N–H and O–H groups in total. The molecule has 0 aromatic heterocycles. The summed E-state index contributed by atoms with van der Waals surface area (Å²) in [6, 6.07) is 2.77. The molecule has 0 spiro atoms. The van der Waals surface area contributed by atoms with Gasteiger partial charge in [0.1, 0.15) is 17.3 Å². The lowest BCUT2D eigenvalue weighted by Crippen LogP contribution is -2.27. The molecule has 0 bridgehead atoms. The van der Waals surface area contributed by atoms with Gasteiger partial charge < -0.3 is 4.90 Å². The number of nitrogens with zero attached hydrogens (tertiary/aromatic N) is 1. The Balaban J connectivity index is 3.19. The van der Waals surface area contributed by atoms with Gasteiger partial charge in [0.05, 0.1) is 0 Å². The van der Waals surface area contributed by atoms with Crippen LogP contribution in [0.4, 0.5) is 14.5 Å². The summed E-state index contributed by atoms with van der Waals surface area (Å²) in [5, 5.41) is 0.451. The molecule has 1 nitrogen and oxygen atoms in total. The third-order valence-corrected chi connectivity index (χ3v) is 3.01. The van der Waals surface area contributed by atoms with Crippen LogP contribution >= 0.6 is 15.9 Å². The van der Waals surface area contributed by atoms with E-state index in [2.05, 4.69) is 15.9 Å². The van der Waals surface area contributed by atoms with Gasteiger partial charge in [-0.2, -0.15) is 0 Å². The van der Waals surface area contributed by atoms with Crippen LogP contribution < -0.4 is 4.90 Å². The predicted octanol–water partition coefficient (Wildman–Crippen LogP) is 3.70. The van der Waals surface area contributed by atoms with E-state index < -0.39 is 11.6 Å². The summed E-state index contributed by atoms with van der Waals surface area (Å²) in [5.74, 6) is -1.03. The van der Waals surface area contributed by atoms with Crippen LogP contribution in [0.2, 0.25) is 0 Å². The van der Waals surface area contributed by atoms with Crippen molar-refractivity contribution < 1.29 is 8.78 Å². The van der Waals surface area contributed by atoms with Gasteiger partial charge >= 0.3 is 0 Å². The molecule has 0 aliphatic carbocycles. The van der Waals surface area contributed by atoms with Crippen LogP contribution in [0.1, 0.15) is 19.4 Å². The number of benzene rings is 1. The average molecular weight is 278 g/mol. The maximum Gasteiger partial charge on any atom is 0.149 e. The summed E-state index contributed by atoms with van der Waals surface area (Å²) >= 11 is 3.17. The molecule has 84 valence electrons. The highest BCUT2D eigenvalue weighted by Crippen LogP contribution is 2.26. The molecule has 0 aliphatic heterocycles. The SMILES string of the molecule is CC(C)N(C)c1c(F)cc(CBr)cc1F. The zero-order valence-corrected chi connectivity index (χ0v) is 10.6. The Hall–Kier alpha value is -0.640. The molecule has 0 radical (unpaired) electrons. The normalized spacial score (nSPS) is 10.9. The maximum atomic E-state index is 13.6. The van der Waals surface area contributed by atoms with E-state index in [1.54, 1.807) is 11.9 Å². The summed E-state index contributed by atoms with van der Waals surface area (Å²) in [4.78, 5) is 1.59. The van der Waals surface area contributed by atoms with Crippen LogP contribution in [0.15, 0.2) is 12.1 Å². The highest BCUT2D eigenvalue weighted by molar-refractivity contribution is 9.08. The molecular weight excluding hydrogens is 264 g/mol. The van der Waals surface area contributed by atoms with E-state index in [1.165, 1.54) is 12.1 Å². The van der Waals surface area contributed by atoms with Crippen LogP contribution in [-0.4, -0.2) is 13.1 Å². The second kappa shape index (κ2) is 4.92. The second-order valence-electron chi connectivity index (χ2n) is 3.75. The van der Waals surface area contributed by atoms with Crippen molar-refractivity contribution in [2.24, 2.45) is 0 Å². The van der Waals surface area contributed by atoms with Crippen LogP contribution in [0.5, 0.6) is 0 Å². The van der Waals surface area contributed by atoms with Gasteiger partial charge in [-0.05, 0) is 31.5 Å². The molecular formula is C11H14BrF2N. The molecule has 0 atom stereocenters. The van der Waals surface area contributed by atoms with E-state index >= 15 is 0 Å². The molecule has 0 amide bonds. The van der Waals surface area contributed by atoms with Crippen molar-refractivity contribution in [1.29, 1.82) is 0 Å². The highest BCUT2D eigenvalue weighted by Gasteiger charge is 2.16. The predicted molar refractivity (Wildman–Crippen MR) is 62.5 cm³/mol. The smallest absolute Gasteiger partial charge is 0.149 e. The van der Waals surface area contributed by atoms with Crippen molar-refractivity contribution in [3.8, 4) is 0 Å². The third kappa shape index (κ3) is 2.68. The fraction of sp³-hybridized carbons (Fsp3) is 0.455. The van der Waals surface area contributed by atoms with Gasteiger partial charge in [0, 0.05) is 18.4 Å². The minimum absolute atomic E-state index is 0.0368. The van der Waals surface area contributed by atoms with Crippen LogP contribution in [0.3, 0.4) is 0 Å². The largest absolute Gasteiger partial charge is 0.367 e. The molecule has 0 aliphatic rings. The lowest BCUT2D eigenvalue weighted by molar-refractivity contribution is 0.566. The Bertz CT molecular complexity index is 329. The Morgan fingerprint density at radius 3 is 2.07 bits per heavy atom. The Labute approximate surface area is 97.2 Å². The van der Waals surface area contributed by atoms with E-state index in [0.717, 1.165) is 0 Å². The quantitative estimate of drug-likeness (QED) is 0.762. The molecule has 0 saturated heterocycles. The lowest BCUT2D eigenvalue weighted by Gasteiger charge is -2.25. The first-order valence-electron chi connectivity index (χ1n) is 4.74. The number of hydrogen-bond acceptors (Lipinski definition) is 1. The second-order valence-corrected chi connectivity index (χ2v) is 4.31. The Morgan fingerprint density at radius 1 is 1.27 bits per heavy atom. The van der Waals surface area contributed by atoms with E-state index in [4.69, 9.17) is 0 Å². The van der Waals surface area contributed by atoms with Gasteiger partial charge in [-0.25, -0.2) is 8.78 Å². The van der Waals surface area contributed by atoms with E-state index in [9.17, 15) is 8.78 Å². The topological polar surface area (TPSA) is 3.24 Å². The first-order chi connectivity index (χ1) is 6.97. The van der Waals surface area contributed by atoms with E-state index in [1.807, 2.05) is 13.8 Å². The fourth-order valence-corrected chi connectivity index (χ4v) is 1.61. The number of anilines is 1. The van der Waals surface area contributed by atoms with Gasteiger partial charge in [0.2, 0.25) is 0 Å². The Kier molecular flexibility index (Phi) is 4.08. The lowest BCUT2D eigenvalue weighted by atomic mass is 10.1. The van der Waals surface area contributed by atoms with Gasteiger partial charge in [-0.15, -0.1) is 0 Å². The average Bonchev–Trinajstić information content (AvgIpc) is 2.16. The van der Waals surface area contributed by atoms with Crippen LogP contribution in [0, 0.1) is 11.6 Å². The molecule has 0 fully saturated rings. The van der Waals surface area contributed by atoms with Crippen molar-refractivity contribution >= 4 is 21.6 Å². The summed E-state index contributed by atoms with van der Waals surface area (Å²) in [6.07, 6.45) is 0. The van der Waals surface area contributed by atoms with Crippen LogP contribution in [-0.2, 0) is 5.33 Å². The van der Waals surface area contributed by atoms with Crippen molar-refractivity contribution in [1.82, 2.24) is 0 Å². The molecule has 15 heavy (non-hydrogen) atoms. The highest BCUT2D eigenvalue weighted by atomic mass is 79.9. The van der Waals surface area contributed by atoms with E-state index in [0.29, 0.717) is 10.9 Å². The molecule has 0 heterocycles. The molecule has 1 aromatic rings. The molecule has 4 heteroatoms. The number of hydrogen-bond donors (Lipinski definition) is 0. The van der Waals surface area contributed by atoms with Gasteiger partial charge in [-0.3, -0.25) is 0 Å². The number of halogens is 3. The zero-order chi connectivity index (χ0) is 11.6. The first-order valence-corrected chi connectivity index (χ1v) is 5.86. The van der Waals surface area contributed by atoms with Crippen molar-refractivity contribution in [2.45, 2.75) is 25.2 Å². The van der Waals surface area contributed by atoms with Crippen molar-refractivity contribution in [2.75, 3.05) is 11.9 Å². The summed E-state index contributed by atoms with van der Waals surface area (Å²) in [6.45, 7) is 3.77. The van der Waals surface area contributed by atoms with Gasteiger partial charge in [0.25, 0.3) is 0 Å². The van der Waals surface area contributed by atoms with Crippen LogP contribution in [0.25, 0.3) is 0 Å². The zero-order valence-electron chi connectivity index (χ0n) is 9.02. The van der Waals surface area contributed by atoms with Crippen molar-refractivity contribution in [3.63, 3.8) is 0 Å². The first kappa shape index (κ1) is 12.4. The fourth-order valence-electron chi connectivity index (χ4n) is 1.29.